The van der Waals surface area contributed by atoms with Crippen molar-refractivity contribution in [3.8, 4) is 0 Å². The molecule has 1 heterocycles. The molecule has 1 aromatic carbocycles. The molecule has 0 bridgehead atoms. The number of halogens is 2. The Labute approximate surface area is 106 Å². The zero-order valence-electron chi connectivity index (χ0n) is 8.61. The van der Waals surface area contributed by atoms with Crippen molar-refractivity contribution in [2.24, 2.45) is 0 Å². The van der Waals surface area contributed by atoms with Gasteiger partial charge in [-0.2, -0.15) is 0 Å². The Morgan fingerprint density at radius 1 is 1.41 bits per heavy atom. The van der Waals surface area contributed by atoms with E-state index < -0.39 is 0 Å². The summed E-state index contributed by atoms with van der Waals surface area (Å²) in [5, 5.41) is 4.26. The molecule has 1 N–H and O–H groups in total. The van der Waals surface area contributed by atoms with Crippen LogP contribution in [0.15, 0.2) is 29.6 Å². The van der Waals surface area contributed by atoms with Gasteiger partial charge < -0.3 is 5.32 Å². The zero-order chi connectivity index (χ0) is 12.3. The number of nitrogens with one attached hydrogen (secondary N) is 1. The number of benzene rings is 1. The fourth-order valence-electron chi connectivity index (χ4n) is 1.23. The first kappa shape index (κ1) is 12.0. The molecule has 0 aliphatic rings. The van der Waals surface area contributed by atoms with Crippen molar-refractivity contribution in [1.29, 1.82) is 0 Å². The van der Waals surface area contributed by atoms with Crippen LogP contribution in [-0.2, 0) is 6.54 Å². The van der Waals surface area contributed by atoms with Crippen LogP contribution in [0.1, 0.15) is 16.1 Å². The maximum Gasteiger partial charge on any atom is 0.271 e. The fraction of sp³-hybridized carbons (Fsp3) is 0.0909. The van der Waals surface area contributed by atoms with Crippen LogP contribution < -0.4 is 5.32 Å². The van der Waals surface area contributed by atoms with Gasteiger partial charge in [0.05, 0.1) is 0 Å². The molecule has 1 amide bonds. The fourth-order valence-corrected chi connectivity index (χ4v) is 1.98. The SMILES string of the molecule is O=C(NCc1ccc(F)cc1)c1csc(Cl)n1. The average Bonchev–Trinajstić information content (AvgIpc) is 2.75. The number of amides is 1. The number of nitrogens with zero attached hydrogens (tertiary/aromatic N) is 1. The lowest BCUT2D eigenvalue weighted by atomic mass is 10.2. The molecule has 0 fully saturated rings. The summed E-state index contributed by atoms with van der Waals surface area (Å²) in [6.45, 7) is 0.328. The van der Waals surface area contributed by atoms with Crippen molar-refractivity contribution in [2.75, 3.05) is 0 Å². The van der Waals surface area contributed by atoms with Gasteiger partial charge in [-0.3, -0.25) is 4.79 Å². The summed E-state index contributed by atoms with van der Waals surface area (Å²) in [4.78, 5) is 15.4. The van der Waals surface area contributed by atoms with E-state index in [-0.39, 0.29) is 11.7 Å². The first-order valence-corrected chi connectivity index (χ1v) is 6.04. The summed E-state index contributed by atoms with van der Waals surface area (Å²) in [7, 11) is 0. The molecule has 6 heteroatoms. The molecule has 2 rings (SSSR count). The number of rotatable bonds is 3. The Hall–Kier alpha value is -1.46. The van der Waals surface area contributed by atoms with Crippen LogP contribution in [0.25, 0.3) is 0 Å². The lowest BCUT2D eigenvalue weighted by molar-refractivity contribution is 0.0946. The number of carbonyl (C=O) groups excluding carboxylic acids is 1. The highest BCUT2D eigenvalue weighted by molar-refractivity contribution is 7.14. The highest BCUT2D eigenvalue weighted by atomic mass is 35.5. The molecule has 0 atom stereocenters. The van der Waals surface area contributed by atoms with Crippen molar-refractivity contribution in [3.05, 3.63) is 51.2 Å². The molecule has 1 aromatic heterocycles. The molecule has 0 saturated heterocycles. The minimum Gasteiger partial charge on any atom is -0.347 e. The molecular formula is C11H8ClFN2OS. The second-order valence-corrected chi connectivity index (χ2v) is 4.74. The minimum absolute atomic E-state index is 0.294. The van der Waals surface area contributed by atoms with Gasteiger partial charge in [0.2, 0.25) is 0 Å². The molecule has 2 aromatic rings. The highest BCUT2D eigenvalue weighted by Gasteiger charge is 2.09. The van der Waals surface area contributed by atoms with E-state index in [1.807, 2.05) is 0 Å². The molecule has 88 valence electrons. The van der Waals surface area contributed by atoms with Crippen LogP contribution in [0.5, 0.6) is 0 Å². The third kappa shape index (κ3) is 3.25. The smallest absolute Gasteiger partial charge is 0.271 e. The highest BCUT2D eigenvalue weighted by Crippen LogP contribution is 2.14. The van der Waals surface area contributed by atoms with Crippen molar-refractivity contribution >= 4 is 28.8 Å². The largest absolute Gasteiger partial charge is 0.347 e. The van der Waals surface area contributed by atoms with Crippen LogP contribution in [0.2, 0.25) is 4.47 Å². The molecule has 0 aliphatic heterocycles. The summed E-state index contributed by atoms with van der Waals surface area (Å²) in [5.74, 6) is -0.594. The van der Waals surface area contributed by atoms with E-state index in [0.29, 0.717) is 16.7 Å². The number of thiazole rings is 1. The van der Waals surface area contributed by atoms with Crippen LogP contribution >= 0.6 is 22.9 Å². The molecule has 0 radical (unpaired) electrons. The van der Waals surface area contributed by atoms with Crippen molar-refractivity contribution in [3.63, 3.8) is 0 Å². The van der Waals surface area contributed by atoms with Crippen LogP contribution in [-0.4, -0.2) is 10.9 Å². The van der Waals surface area contributed by atoms with E-state index >= 15 is 0 Å². The van der Waals surface area contributed by atoms with Gasteiger partial charge in [0, 0.05) is 11.9 Å². The maximum atomic E-state index is 12.6. The second kappa shape index (κ2) is 5.25. The molecule has 0 aliphatic carbocycles. The summed E-state index contributed by atoms with van der Waals surface area (Å²) in [5.41, 5.74) is 1.11. The Morgan fingerprint density at radius 2 is 2.12 bits per heavy atom. The Morgan fingerprint density at radius 3 is 2.71 bits per heavy atom. The van der Waals surface area contributed by atoms with Crippen molar-refractivity contribution in [1.82, 2.24) is 10.3 Å². The third-order valence-corrected chi connectivity index (χ3v) is 3.05. The maximum absolute atomic E-state index is 12.6. The molecule has 0 saturated carbocycles. The lowest BCUT2D eigenvalue weighted by Crippen LogP contribution is -2.23. The van der Waals surface area contributed by atoms with E-state index in [0.717, 1.165) is 5.56 Å². The Kier molecular flexibility index (Phi) is 3.71. The molecule has 0 spiro atoms. The van der Waals surface area contributed by atoms with Gasteiger partial charge in [-0.05, 0) is 17.7 Å². The third-order valence-electron chi connectivity index (χ3n) is 2.08. The van der Waals surface area contributed by atoms with E-state index in [2.05, 4.69) is 10.3 Å². The van der Waals surface area contributed by atoms with Gasteiger partial charge in [0.1, 0.15) is 11.5 Å². The Balaban J connectivity index is 1.94. The summed E-state index contributed by atoms with van der Waals surface area (Å²) in [6.07, 6.45) is 0. The summed E-state index contributed by atoms with van der Waals surface area (Å²) < 4.78 is 13.0. The van der Waals surface area contributed by atoms with Crippen LogP contribution in [0.4, 0.5) is 4.39 Å². The van der Waals surface area contributed by atoms with Crippen molar-refractivity contribution in [2.45, 2.75) is 6.54 Å². The van der Waals surface area contributed by atoms with Gasteiger partial charge in [0.25, 0.3) is 5.91 Å². The normalized spacial score (nSPS) is 10.2. The van der Waals surface area contributed by atoms with Crippen LogP contribution in [0.3, 0.4) is 0 Å². The predicted octanol–water partition coefficient (Wildman–Crippen LogP) is 2.87. The Bertz CT molecular complexity index is 527. The second-order valence-electron chi connectivity index (χ2n) is 3.29. The molecule has 3 nitrogen and oxygen atoms in total. The number of carbonyl (C=O) groups is 1. The first-order valence-electron chi connectivity index (χ1n) is 4.79. The molecule has 17 heavy (non-hydrogen) atoms. The zero-order valence-corrected chi connectivity index (χ0v) is 10.2. The topological polar surface area (TPSA) is 42.0 Å². The van der Waals surface area contributed by atoms with Gasteiger partial charge in [-0.15, -0.1) is 11.3 Å². The van der Waals surface area contributed by atoms with Gasteiger partial charge in [0.15, 0.2) is 4.47 Å². The average molecular weight is 271 g/mol. The summed E-state index contributed by atoms with van der Waals surface area (Å²) in [6, 6.07) is 5.93. The summed E-state index contributed by atoms with van der Waals surface area (Å²) >= 11 is 6.83. The first-order chi connectivity index (χ1) is 8.15. The van der Waals surface area contributed by atoms with Gasteiger partial charge in [-0.1, -0.05) is 23.7 Å². The van der Waals surface area contributed by atoms with Crippen LogP contribution in [0, 0.1) is 5.82 Å². The number of hydrogen-bond donors (Lipinski definition) is 1. The number of aromatic nitrogens is 1. The van der Waals surface area contributed by atoms with E-state index in [4.69, 9.17) is 11.6 Å². The molecular weight excluding hydrogens is 263 g/mol. The van der Waals surface area contributed by atoms with E-state index in [1.54, 1.807) is 17.5 Å². The quantitative estimate of drug-likeness (QED) is 0.932. The van der Waals surface area contributed by atoms with Crippen molar-refractivity contribution < 1.29 is 9.18 Å². The molecule has 0 unspecified atom stereocenters. The standard InChI is InChI=1S/C11H8ClFN2OS/c12-11-15-9(6-17-11)10(16)14-5-7-1-3-8(13)4-2-7/h1-4,6H,5H2,(H,14,16). The monoisotopic (exact) mass is 270 g/mol. The van der Waals surface area contributed by atoms with E-state index in [9.17, 15) is 9.18 Å². The minimum atomic E-state index is -0.300. The van der Waals surface area contributed by atoms with E-state index in [1.165, 1.54) is 23.5 Å². The number of hydrogen-bond acceptors (Lipinski definition) is 3. The predicted molar refractivity (Wildman–Crippen MR) is 64.7 cm³/mol. The lowest BCUT2D eigenvalue weighted by Gasteiger charge is -2.03. The van der Waals surface area contributed by atoms with Gasteiger partial charge in [-0.25, -0.2) is 9.37 Å². The van der Waals surface area contributed by atoms with Gasteiger partial charge >= 0.3 is 0 Å².